The number of sulfonamides is 1. The van der Waals surface area contributed by atoms with Gasteiger partial charge in [0, 0.05) is 0 Å². The molecule has 1 heterocycles. The summed E-state index contributed by atoms with van der Waals surface area (Å²) in [6, 6.07) is 4.42. The van der Waals surface area contributed by atoms with Crippen molar-refractivity contribution in [3.8, 4) is 5.75 Å². The van der Waals surface area contributed by atoms with E-state index in [1.165, 1.54) is 24.8 Å². The van der Waals surface area contributed by atoms with E-state index in [1.807, 2.05) is 0 Å². The zero-order valence-electron chi connectivity index (χ0n) is 9.90. The topological polar surface area (TPSA) is 101 Å². The van der Waals surface area contributed by atoms with Crippen molar-refractivity contribution < 1.29 is 18.3 Å². The molecule has 0 saturated heterocycles. The summed E-state index contributed by atoms with van der Waals surface area (Å²) in [6.45, 7) is -0.259. The molecule has 0 unspecified atom stereocenters. The van der Waals surface area contributed by atoms with E-state index in [-0.39, 0.29) is 22.4 Å². The zero-order valence-corrected chi connectivity index (χ0v) is 11.5. The molecule has 0 aliphatic heterocycles. The van der Waals surface area contributed by atoms with Crippen molar-refractivity contribution in [2.24, 2.45) is 0 Å². The Morgan fingerprint density at radius 1 is 1.47 bits per heavy atom. The van der Waals surface area contributed by atoms with Crippen LogP contribution in [0.2, 0.25) is 0 Å². The fraction of sp³-hybridized carbons (Fsp3) is 0.200. The number of benzene rings is 1. The van der Waals surface area contributed by atoms with Gasteiger partial charge in [0.25, 0.3) is 10.0 Å². The maximum Gasteiger partial charge on any atom is 0.267 e. The number of ether oxygens (including phenoxy) is 1. The van der Waals surface area contributed by atoms with Gasteiger partial charge >= 0.3 is 0 Å². The largest absolute Gasteiger partial charge is 0.495 e. The summed E-state index contributed by atoms with van der Waals surface area (Å²) < 4.78 is 31.7. The van der Waals surface area contributed by atoms with E-state index in [1.54, 1.807) is 6.07 Å². The third kappa shape index (κ3) is 3.00. The zero-order chi connectivity index (χ0) is 13.9. The SMILES string of the molecule is COc1ccc(CO)cc1S(=O)(=O)Nc1nncs1. The molecular weight excluding hydrogens is 290 g/mol. The molecule has 1 aromatic carbocycles. The van der Waals surface area contributed by atoms with Crippen LogP contribution < -0.4 is 9.46 Å². The van der Waals surface area contributed by atoms with Crippen molar-refractivity contribution in [1.82, 2.24) is 10.2 Å². The summed E-state index contributed by atoms with van der Waals surface area (Å²) in [4.78, 5) is -0.0586. The third-order valence-corrected chi connectivity index (χ3v) is 4.38. The molecule has 9 heteroatoms. The normalized spacial score (nSPS) is 11.3. The molecule has 0 amide bonds. The quantitative estimate of drug-likeness (QED) is 0.848. The number of hydrogen-bond acceptors (Lipinski definition) is 7. The van der Waals surface area contributed by atoms with Crippen LogP contribution in [0, 0.1) is 0 Å². The highest BCUT2D eigenvalue weighted by molar-refractivity contribution is 7.93. The second-order valence-corrected chi connectivity index (χ2v) is 5.98. The van der Waals surface area contributed by atoms with Gasteiger partial charge in [0.05, 0.1) is 13.7 Å². The number of methoxy groups -OCH3 is 1. The predicted molar refractivity (Wildman–Crippen MR) is 69.6 cm³/mol. The second kappa shape index (κ2) is 5.51. The Morgan fingerprint density at radius 3 is 2.84 bits per heavy atom. The molecule has 2 N–H and O–H groups in total. The van der Waals surface area contributed by atoms with Crippen molar-refractivity contribution in [1.29, 1.82) is 0 Å². The highest BCUT2D eigenvalue weighted by Crippen LogP contribution is 2.27. The summed E-state index contributed by atoms with van der Waals surface area (Å²) in [5.74, 6) is 0.189. The lowest BCUT2D eigenvalue weighted by Crippen LogP contribution is -2.14. The fourth-order valence-corrected chi connectivity index (χ4v) is 3.33. The lowest BCUT2D eigenvalue weighted by Gasteiger charge is -2.10. The molecule has 1 aromatic heterocycles. The number of aliphatic hydroxyl groups excluding tert-OH is 1. The van der Waals surface area contributed by atoms with Crippen molar-refractivity contribution in [2.75, 3.05) is 11.8 Å². The van der Waals surface area contributed by atoms with Crippen LogP contribution in [0.15, 0.2) is 28.6 Å². The van der Waals surface area contributed by atoms with E-state index in [0.29, 0.717) is 5.56 Å². The van der Waals surface area contributed by atoms with Gasteiger partial charge in [0.2, 0.25) is 5.13 Å². The Morgan fingerprint density at radius 2 is 2.26 bits per heavy atom. The van der Waals surface area contributed by atoms with Crippen molar-refractivity contribution in [2.45, 2.75) is 11.5 Å². The molecule has 0 spiro atoms. The maximum absolute atomic E-state index is 12.2. The minimum absolute atomic E-state index is 0.0586. The van der Waals surface area contributed by atoms with Crippen LogP contribution in [0.3, 0.4) is 0 Å². The number of hydrogen-bond donors (Lipinski definition) is 2. The predicted octanol–water partition coefficient (Wildman–Crippen LogP) is 0.840. The van der Waals surface area contributed by atoms with Crippen LogP contribution in [-0.4, -0.2) is 30.8 Å². The summed E-state index contributed by atoms with van der Waals surface area (Å²) in [7, 11) is -2.46. The molecule has 0 saturated carbocycles. The summed E-state index contributed by atoms with van der Waals surface area (Å²) in [6.07, 6.45) is 0. The van der Waals surface area contributed by atoms with E-state index in [4.69, 9.17) is 9.84 Å². The van der Waals surface area contributed by atoms with E-state index in [9.17, 15) is 8.42 Å². The number of rotatable bonds is 5. The number of nitrogens with one attached hydrogen (secondary N) is 1. The molecular formula is C10H11N3O4S2. The smallest absolute Gasteiger partial charge is 0.267 e. The Kier molecular flexibility index (Phi) is 3.98. The number of nitrogens with zero attached hydrogens (tertiary/aromatic N) is 2. The van der Waals surface area contributed by atoms with Crippen LogP contribution in [0.1, 0.15) is 5.56 Å². The minimum atomic E-state index is -3.84. The molecule has 2 rings (SSSR count). The number of anilines is 1. The maximum atomic E-state index is 12.2. The Balaban J connectivity index is 2.43. The first-order valence-electron chi connectivity index (χ1n) is 5.13. The molecule has 19 heavy (non-hydrogen) atoms. The van der Waals surface area contributed by atoms with Crippen molar-refractivity contribution >= 4 is 26.5 Å². The van der Waals surface area contributed by atoms with Gasteiger partial charge in [-0.05, 0) is 17.7 Å². The molecule has 0 bridgehead atoms. The monoisotopic (exact) mass is 301 g/mol. The lowest BCUT2D eigenvalue weighted by molar-refractivity contribution is 0.281. The van der Waals surface area contributed by atoms with Gasteiger partial charge in [-0.25, -0.2) is 8.42 Å². The summed E-state index contributed by atoms with van der Waals surface area (Å²) in [5.41, 5.74) is 1.89. The average molecular weight is 301 g/mol. The highest BCUT2D eigenvalue weighted by atomic mass is 32.2. The third-order valence-electron chi connectivity index (χ3n) is 2.28. The van der Waals surface area contributed by atoms with Crippen LogP contribution in [-0.2, 0) is 16.6 Å². The van der Waals surface area contributed by atoms with Gasteiger partial charge in [-0.3, -0.25) is 4.72 Å². The van der Waals surface area contributed by atoms with Gasteiger partial charge in [0.15, 0.2) is 0 Å². The first kappa shape index (κ1) is 13.7. The fourth-order valence-electron chi connectivity index (χ4n) is 1.42. The first-order valence-corrected chi connectivity index (χ1v) is 7.50. The molecule has 0 radical (unpaired) electrons. The van der Waals surface area contributed by atoms with Gasteiger partial charge in [-0.1, -0.05) is 17.4 Å². The lowest BCUT2D eigenvalue weighted by atomic mass is 10.2. The van der Waals surface area contributed by atoms with Gasteiger partial charge in [0.1, 0.15) is 16.2 Å². The number of aliphatic hydroxyl groups is 1. The Labute approximate surface area is 113 Å². The second-order valence-electron chi connectivity index (χ2n) is 3.49. The molecule has 0 aliphatic rings. The molecule has 2 aromatic rings. The van der Waals surface area contributed by atoms with E-state index in [2.05, 4.69) is 14.9 Å². The van der Waals surface area contributed by atoms with Crippen LogP contribution in [0.25, 0.3) is 0 Å². The summed E-state index contributed by atoms with van der Waals surface area (Å²) in [5, 5.41) is 16.4. The molecule has 0 atom stereocenters. The van der Waals surface area contributed by atoms with Crippen molar-refractivity contribution in [3.63, 3.8) is 0 Å². The van der Waals surface area contributed by atoms with Crippen LogP contribution in [0.5, 0.6) is 5.75 Å². The molecule has 0 aliphatic carbocycles. The first-order chi connectivity index (χ1) is 9.06. The molecule has 7 nitrogen and oxygen atoms in total. The minimum Gasteiger partial charge on any atom is -0.495 e. The van der Waals surface area contributed by atoms with Gasteiger partial charge in [-0.15, -0.1) is 10.2 Å². The number of aromatic nitrogens is 2. The van der Waals surface area contributed by atoms with E-state index >= 15 is 0 Å². The molecule has 102 valence electrons. The molecule has 0 fully saturated rings. The Hall–Kier alpha value is -1.71. The van der Waals surface area contributed by atoms with E-state index in [0.717, 1.165) is 11.3 Å². The average Bonchev–Trinajstić information content (AvgIpc) is 2.90. The van der Waals surface area contributed by atoms with Crippen molar-refractivity contribution in [3.05, 3.63) is 29.3 Å². The van der Waals surface area contributed by atoms with Crippen LogP contribution in [0.4, 0.5) is 5.13 Å². The van der Waals surface area contributed by atoms with Gasteiger partial charge in [-0.2, -0.15) is 0 Å². The summed E-state index contributed by atoms with van der Waals surface area (Å²) >= 11 is 1.07. The van der Waals surface area contributed by atoms with Gasteiger partial charge < -0.3 is 9.84 Å². The standard InChI is InChI=1S/C10H11N3O4S2/c1-17-8-3-2-7(5-14)4-9(8)19(15,16)13-10-12-11-6-18-10/h2-4,6,14H,5H2,1H3,(H,12,13). The Bertz CT molecular complexity index is 655. The highest BCUT2D eigenvalue weighted by Gasteiger charge is 2.21. The van der Waals surface area contributed by atoms with E-state index < -0.39 is 10.0 Å². The van der Waals surface area contributed by atoms with Crippen LogP contribution >= 0.6 is 11.3 Å².